The largest absolute Gasteiger partial charge is 0.466 e. The Labute approximate surface area is 105 Å². The van der Waals surface area contributed by atoms with Crippen molar-refractivity contribution in [2.45, 2.75) is 38.9 Å². The molecular formula is C12H16O6. The van der Waals surface area contributed by atoms with Crippen LogP contribution >= 0.6 is 0 Å². The fourth-order valence-electron chi connectivity index (χ4n) is 1.85. The number of carbonyl (C=O) groups excluding carboxylic acids is 3. The van der Waals surface area contributed by atoms with Gasteiger partial charge in [0, 0.05) is 32.3 Å². The molecule has 1 aliphatic carbocycles. The zero-order valence-corrected chi connectivity index (χ0v) is 10.6. The molecule has 0 aromatic rings. The Morgan fingerprint density at radius 2 is 1.78 bits per heavy atom. The lowest BCUT2D eigenvalue weighted by Crippen LogP contribution is -2.31. The quantitative estimate of drug-likeness (QED) is 0.547. The van der Waals surface area contributed by atoms with E-state index in [1.807, 2.05) is 0 Å². The Balaban J connectivity index is 2.81. The standard InChI is InChI=1S/C12H16O6/c1-7(13)17-10-4-9(12(15)16-3)5-11(6-10)18-8(2)14/h4,10-11H,5-6H2,1-3H3/t10-,11-/m0/s1. The molecule has 0 saturated carbocycles. The van der Waals surface area contributed by atoms with Crippen molar-refractivity contribution in [3.05, 3.63) is 11.6 Å². The fraction of sp³-hybridized carbons (Fsp3) is 0.583. The van der Waals surface area contributed by atoms with Crippen LogP contribution in [0.5, 0.6) is 0 Å². The zero-order chi connectivity index (χ0) is 13.7. The highest BCUT2D eigenvalue weighted by Crippen LogP contribution is 2.24. The highest BCUT2D eigenvalue weighted by atomic mass is 16.6. The van der Waals surface area contributed by atoms with Crippen molar-refractivity contribution in [3.63, 3.8) is 0 Å². The van der Waals surface area contributed by atoms with Crippen molar-refractivity contribution in [2.75, 3.05) is 7.11 Å². The number of ether oxygens (including phenoxy) is 3. The van der Waals surface area contributed by atoms with Crippen LogP contribution in [0.15, 0.2) is 11.6 Å². The van der Waals surface area contributed by atoms with Crippen LogP contribution in [-0.4, -0.2) is 37.2 Å². The van der Waals surface area contributed by atoms with Crippen molar-refractivity contribution in [3.8, 4) is 0 Å². The lowest BCUT2D eigenvalue weighted by atomic mass is 9.94. The third-order valence-corrected chi connectivity index (χ3v) is 2.43. The molecule has 0 fully saturated rings. The summed E-state index contributed by atoms with van der Waals surface area (Å²) in [5.41, 5.74) is 0.348. The van der Waals surface area contributed by atoms with E-state index < -0.39 is 30.1 Å². The second-order valence-corrected chi connectivity index (χ2v) is 4.00. The second-order valence-electron chi connectivity index (χ2n) is 4.00. The molecule has 18 heavy (non-hydrogen) atoms. The average Bonchev–Trinajstić information content (AvgIpc) is 2.25. The predicted molar refractivity (Wildman–Crippen MR) is 60.4 cm³/mol. The molecule has 0 radical (unpaired) electrons. The molecular weight excluding hydrogens is 240 g/mol. The number of carbonyl (C=O) groups is 3. The van der Waals surface area contributed by atoms with Crippen LogP contribution < -0.4 is 0 Å². The van der Waals surface area contributed by atoms with E-state index in [4.69, 9.17) is 9.47 Å². The first-order valence-electron chi connectivity index (χ1n) is 5.55. The molecule has 0 aromatic heterocycles. The van der Waals surface area contributed by atoms with Gasteiger partial charge in [-0.15, -0.1) is 0 Å². The smallest absolute Gasteiger partial charge is 0.333 e. The van der Waals surface area contributed by atoms with Crippen molar-refractivity contribution < 1.29 is 28.6 Å². The molecule has 0 aliphatic heterocycles. The minimum absolute atomic E-state index is 0.268. The first kappa shape index (κ1) is 14.2. The van der Waals surface area contributed by atoms with Crippen LogP contribution in [0, 0.1) is 0 Å². The van der Waals surface area contributed by atoms with Gasteiger partial charge in [0.05, 0.1) is 7.11 Å². The summed E-state index contributed by atoms with van der Waals surface area (Å²) < 4.78 is 14.7. The molecule has 0 amide bonds. The van der Waals surface area contributed by atoms with E-state index in [1.54, 1.807) is 0 Å². The molecule has 0 bridgehead atoms. The average molecular weight is 256 g/mol. The summed E-state index contributed by atoms with van der Waals surface area (Å²) in [7, 11) is 1.26. The minimum atomic E-state index is -0.574. The maximum atomic E-state index is 11.5. The summed E-state index contributed by atoms with van der Waals surface area (Å²) in [5, 5.41) is 0. The van der Waals surface area contributed by atoms with Crippen LogP contribution in [0.4, 0.5) is 0 Å². The Morgan fingerprint density at radius 3 is 2.28 bits per heavy atom. The van der Waals surface area contributed by atoms with Gasteiger partial charge in [-0.3, -0.25) is 9.59 Å². The summed E-state index contributed by atoms with van der Waals surface area (Å²) in [6.45, 7) is 2.57. The van der Waals surface area contributed by atoms with Crippen molar-refractivity contribution in [1.82, 2.24) is 0 Å². The summed E-state index contributed by atoms with van der Waals surface area (Å²) in [4.78, 5) is 33.3. The number of esters is 3. The van der Waals surface area contributed by atoms with E-state index >= 15 is 0 Å². The molecule has 0 aromatic carbocycles. The molecule has 0 N–H and O–H groups in total. The number of hydrogen-bond donors (Lipinski definition) is 0. The maximum absolute atomic E-state index is 11.5. The van der Waals surface area contributed by atoms with Gasteiger partial charge in [0.1, 0.15) is 12.2 Å². The van der Waals surface area contributed by atoms with E-state index in [0.29, 0.717) is 12.0 Å². The van der Waals surface area contributed by atoms with E-state index in [2.05, 4.69) is 4.74 Å². The monoisotopic (exact) mass is 256 g/mol. The molecule has 1 aliphatic rings. The van der Waals surface area contributed by atoms with Crippen LogP contribution in [0.3, 0.4) is 0 Å². The Bertz CT molecular complexity index is 384. The van der Waals surface area contributed by atoms with Crippen molar-refractivity contribution in [2.24, 2.45) is 0 Å². The molecule has 6 nitrogen and oxygen atoms in total. The molecule has 100 valence electrons. The highest BCUT2D eigenvalue weighted by Gasteiger charge is 2.29. The highest BCUT2D eigenvalue weighted by molar-refractivity contribution is 5.88. The topological polar surface area (TPSA) is 78.9 Å². The van der Waals surface area contributed by atoms with E-state index in [1.165, 1.54) is 27.0 Å². The van der Waals surface area contributed by atoms with Gasteiger partial charge in [0.15, 0.2) is 0 Å². The van der Waals surface area contributed by atoms with Crippen LogP contribution in [-0.2, 0) is 28.6 Å². The molecule has 0 saturated heterocycles. The van der Waals surface area contributed by atoms with Gasteiger partial charge in [0.25, 0.3) is 0 Å². The summed E-state index contributed by atoms with van der Waals surface area (Å²) >= 11 is 0. The third-order valence-electron chi connectivity index (χ3n) is 2.43. The Hall–Kier alpha value is -1.85. The summed E-state index contributed by atoms with van der Waals surface area (Å²) in [5.74, 6) is -1.40. The van der Waals surface area contributed by atoms with Crippen LogP contribution in [0.2, 0.25) is 0 Å². The van der Waals surface area contributed by atoms with Crippen molar-refractivity contribution in [1.29, 1.82) is 0 Å². The van der Waals surface area contributed by atoms with Crippen LogP contribution in [0.25, 0.3) is 0 Å². The molecule has 6 heteroatoms. The zero-order valence-electron chi connectivity index (χ0n) is 10.6. The predicted octanol–water partition coefficient (Wildman–Crippen LogP) is 0.743. The third kappa shape index (κ3) is 4.20. The van der Waals surface area contributed by atoms with Gasteiger partial charge in [-0.25, -0.2) is 4.79 Å². The second kappa shape index (κ2) is 6.18. The SMILES string of the molecule is COC(=O)C1=C[C@H](OC(C)=O)C[C@@H](OC(C)=O)C1. The molecule has 0 spiro atoms. The molecule has 1 rings (SSSR count). The van der Waals surface area contributed by atoms with Gasteiger partial charge in [-0.05, 0) is 6.08 Å². The molecule has 0 unspecified atom stereocenters. The number of methoxy groups -OCH3 is 1. The van der Waals surface area contributed by atoms with E-state index in [9.17, 15) is 14.4 Å². The van der Waals surface area contributed by atoms with E-state index in [0.717, 1.165) is 0 Å². The van der Waals surface area contributed by atoms with Gasteiger partial charge in [-0.1, -0.05) is 0 Å². The number of rotatable bonds is 3. The van der Waals surface area contributed by atoms with Gasteiger partial charge >= 0.3 is 17.9 Å². The Morgan fingerprint density at radius 1 is 1.17 bits per heavy atom. The molecule has 2 atom stereocenters. The maximum Gasteiger partial charge on any atom is 0.333 e. The number of hydrogen-bond acceptors (Lipinski definition) is 6. The van der Waals surface area contributed by atoms with Crippen molar-refractivity contribution >= 4 is 17.9 Å². The van der Waals surface area contributed by atoms with Gasteiger partial charge in [-0.2, -0.15) is 0 Å². The van der Waals surface area contributed by atoms with Crippen LogP contribution in [0.1, 0.15) is 26.7 Å². The summed E-state index contributed by atoms with van der Waals surface area (Å²) in [6, 6.07) is 0. The summed E-state index contributed by atoms with van der Waals surface area (Å²) in [6.07, 6.45) is 1.09. The normalized spacial score (nSPS) is 22.7. The van der Waals surface area contributed by atoms with Gasteiger partial charge < -0.3 is 14.2 Å². The first-order valence-corrected chi connectivity index (χ1v) is 5.55. The Kier molecular flexibility index (Phi) is 4.88. The molecule has 0 heterocycles. The first-order chi connectivity index (χ1) is 8.42. The fourth-order valence-corrected chi connectivity index (χ4v) is 1.85. The minimum Gasteiger partial charge on any atom is -0.466 e. The lowest BCUT2D eigenvalue weighted by Gasteiger charge is -2.26. The van der Waals surface area contributed by atoms with E-state index in [-0.39, 0.29) is 6.42 Å². The lowest BCUT2D eigenvalue weighted by molar-refractivity contribution is -0.153. The van der Waals surface area contributed by atoms with Gasteiger partial charge in [0.2, 0.25) is 0 Å².